The first-order chi connectivity index (χ1) is 14.4. The zero-order chi connectivity index (χ0) is 21.7. The summed E-state index contributed by atoms with van der Waals surface area (Å²) in [6.07, 6.45) is 2.84. The molecule has 0 radical (unpaired) electrons. The third-order valence-corrected chi connectivity index (χ3v) is 5.25. The van der Waals surface area contributed by atoms with Gasteiger partial charge < -0.3 is 10.1 Å². The van der Waals surface area contributed by atoms with Crippen LogP contribution in [-0.2, 0) is 9.53 Å². The van der Waals surface area contributed by atoms with E-state index in [0.29, 0.717) is 21.7 Å². The van der Waals surface area contributed by atoms with Crippen LogP contribution in [0.2, 0.25) is 0 Å². The van der Waals surface area contributed by atoms with Crippen LogP contribution < -0.4 is 5.32 Å². The lowest BCUT2D eigenvalue weighted by molar-refractivity contribution is -0.111. The maximum Gasteiger partial charge on any atom is 0.341 e. The van der Waals surface area contributed by atoms with Crippen LogP contribution in [0.1, 0.15) is 27.7 Å². The van der Waals surface area contributed by atoms with E-state index >= 15 is 0 Å². The van der Waals surface area contributed by atoms with Crippen molar-refractivity contribution in [2.24, 2.45) is 0 Å². The number of carbonyl (C=O) groups is 2. The maximum atomic E-state index is 13.3. The normalized spacial score (nSPS) is 10.9. The molecule has 0 aliphatic heterocycles. The van der Waals surface area contributed by atoms with Crippen molar-refractivity contribution < 1.29 is 23.1 Å². The van der Waals surface area contributed by atoms with Gasteiger partial charge in [-0.3, -0.25) is 4.79 Å². The summed E-state index contributed by atoms with van der Waals surface area (Å²) in [5, 5.41) is 3.06. The zero-order valence-corrected chi connectivity index (χ0v) is 17.2. The number of nitrogens with one attached hydrogen (secondary N) is 1. The number of hydrogen-bond donors (Lipinski definition) is 1. The van der Waals surface area contributed by atoms with Crippen LogP contribution in [0.25, 0.3) is 17.2 Å². The average Bonchev–Trinajstić information content (AvgIpc) is 3.04. The highest BCUT2D eigenvalue weighted by atomic mass is 32.1. The summed E-state index contributed by atoms with van der Waals surface area (Å²) in [6.45, 7) is 3.68. The van der Waals surface area contributed by atoms with E-state index in [1.54, 1.807) is 37.3 Å². The van der Waals surface area contributed by atoms with E-state index in [-0.39, 0.29) is 23.8 Å². The minimum atomic E-state index is -0.570. The average molecular weight is 427 g/mol. The molecular weight excluding hydrogens is 408 g/mol. The molecule has 7 heteroatoms. The molecule has 0 bridgehead atoms. The van der Waals surface area contributed by atoms with Crippen LogP contribution in [-0.4, -0.2) is 18.5 Å². The molecule has 0 atom stereocenters. The number of halogens is 2. The minimum Gasteiger partial charge on any atom is -0.462 e. The number of benzene rings is 2. The number of aryl methyl sites for hydroxylation is 1. The highest BCUT2D eigenvalue weighted by Gasteiger charge is 2.25. The van der Waals surface area contributed by atoms with Gasteiger partial charge in [0, 0.05) is 16.5 Å². The Bertz CT molecular complexity index is 1090. The number of carbonyl (C=O) groups excluding carboxylic acids is 2. The van der Waals surface area contributed by atoms with Gasteiger partial charge in [-0.25, -0.2) is 13.6 Å². The van der Waals surface area contributed by atoms with Gasteiger partial charge in [0.05, 0.1) is 6.61 Å². The molecule has 1 amide bonds. The van der Waals surface area contributed by atoms with E-state index in [0.717, 1.165) is 4.88 Å². The largest absolute Gasteiger partial charge is 0.462 e. The van der Waals surface area contributed by atoms with Crippen molar-refractivity contribution in [2.45, 2.75) is 13.8 Å². The Kier molecular flexibility index (Phi) is 6.74. The summed E-state index contributed by atoms with van der Waals surface area (Å²) in [5.41, 5.74) is 2.13. The van der Waals surface area contributed by atoms with Crippen molar-refractivity contribution in [3.05, 3.63) is 82.2 Å². The summed E-state index contributed by atoms with van der Waals surface area (Å²) in [4.78, 5) is 25.8. The van der Waals surface area contributed by atoms with Gasteiger partial charge in [-0.2, -0.15) is 0 Å². The fourth-order valence-corrected chi connectivity index (χ4v) is 3.96. The molecule has 0 aliphatic carbocycles. The Morgan fingerprint density at radius 1 is 1.03 bits per heavy atom. The predicted octanol–water partition coefficient (Wildman–Crippen LogP) is 5.83. The summed E-state index contributed by atoms with van der Waals surface area (Å²) in [7, 11) is 0. The first-order valence-electron chi connectivity index (χ1n) is 9.20. The Morgan fingerprint density at radius 2 is 1.63 bits per heavy atom. The van der Waals surface area contributed by atoms with E-state index in [9.17, 15) is 18.4 Å². The molecule has 2 aromatic carbocycles. The second-order valence-electron chi connectivity index (χ2n) is 6.34. The fourth-order valence-electron chi connectivity index (χ4n) is 2.89. The van der Waals surface area contributed by atoms with Crippen molar-refractivity contribution in [2.75, 3.05) is 11.9 Å². The van der Waals surface area contributed by atoms with Gasteiger partial charge in [0.2, 0.25) is 5.91 Å². The molecule has 1 aromatic heterocycles. The second-order valence-corrected chi connectivity index (χ2v) is 7.56. The number of ether oxygens (including phenoxy) is 1. The van der Waals surface area contributed by atoms with Crippen LogP contribution in [0.5, 0.6) is 0 Å². The quantitative estimate of drug-likeness (QED) is 0.398. The van der Waals surface area contributed by atoms with E-state index in [4.69, 9.17) is 4.74 Å². The Hall–Kier alpha value is -3.32. The summed E-state index contributed by atoms with van der Waals surface area (Å²) in [6, 6.07) is 11.5. The number of anilines is 1. The third-order valence-electron chi connectivity index (χ3n) is 4.23. The third kappa shape index (κ3) is 4.99. The number of rotatable bonds is 6. The molecule has 4 nitrogen and oxygen atoms in total. The number of thiophene rings is 1. The minimum absolute atomic E-state index is 0.175. The summed E-state index contributed by atoms with van der Waals surface area (Å²) < 4.78 is 31.5. The highest BCUT2D eigenvalue weighted by molar-refractivity contribution is 7.17. The monoisotopic (exact) mass is 427 g/mol. The topological polar surface area (TPSA) is 55.4 Å². The van der Waals surface area contributed by atoms with Crippen LogP contribution in [0.4, 0.5) is 13.8 Å². The van der Waals surface area contributed by atoms with Crippen molar-refractivity contribution >= 4 is 34.3 Å². The van der Waals surface area contributed by atoms with Crippen LogP contribution in [0.3, 0.4) is 0 Å². The molecule has 0 saturated heterocycles. The van der Waals surface area contributed by atoms with Gasteiger partial charge in [0.15, 0.2) is 0 Å². The Balaban J connectivity index is 1.92. The fraction of sp³-hybridized carbons (Fsp3) is 0.130. The standard InChI is InChI=1S/C23H19F2NO3S/c1-3-29-23(28)21-20(16-7-11-18(25)12-8-16)14(2)30-22(21)26-19(27)13-6-15-4-9-17(24)10-5-15/h4-13H,3H2,1-2H3,(H,26,27)/b13-6+. The summed E-state index contributed by atoms with van der Waals surface area (Å²) >= 11 is 1.24. The van der Waals surface area contributed by atoms with E-state index < -0.39 is 11.9 Å². The molecule has 0 fully saturated rings. The molecular formula is C23H19F2NO3S. The smallest absolute Gasteiger partial charge is 0.341 e. The van der Waals surface area contributed by atoms with Gasteiger partial charge in [-0.1, -0.05) is 24.3 Å². The van der Waals surface area contributed by atoms with Crippen LogP contribution >= 0.6 is 11.3 Å². The molecule has 30 heavy (non-hydrogen) atoms. The molecule has 3 rings (SSSR count). The number of esters is 1. The van der Waals surface area contributed by atoms with E-state index in [1.807, 2.05) is 6.92 Å². The van der Waals surface area contributed by atoms with Crippen molar-refractivity contribution in [1.29, 1.82) is 0 Å². The van der Waals surface area contributed by atoms with Gasteiger partial charge >= 0.3 is 5.97 Å². The first kappa shape index (κ1) is 21.4. The van der Waals surface area contributed by atoms with Crippen molar-refractivity contribution in [1.82, 2.24) is 0 Å². The van der Waals surface area contributed by atoms with Gasteiger partial charge in [-0.05, 0) is 55.3 Å². The molecule has 0 saturated carbocycles. The second kappa shape index (κ2) is 9.45. The first-order valence-corrected chi connectivity index (χ1v) is 10.0. The van der Waals surface area contributed by atoms with Crippen molar-refractivity contribution in [3.8, 4) is 11.1 Å². The molecule has 154 valence electrons. The lowest BCUT2D eigenvalue weighted by Crippen LogP contribution is -2.12. The lowest BCUT2D eigenvalue weighted by atomic mass is 10.0. The van der Waals surface area contributed by atoms with Crippen LogP contribution in [0.15, 0.2) is 54.6 Å². The van der Waals surface area contributed by atoms with Gasteiger partial charge in [-0.15, -0.1) is 11.3 Å². The Labute approximate surface area is 176 Å². The molecule has 0 spiro atoms. The molecule has 1 heterocycles. The van der Waals surface area contributed by atoms with E-state index in [1.165, 1.54) is 41.7 Å². The number of amides is 1. The Morgan fingerprint density at radius 3 is 2.23 bits per heavy atom. The van der Waals surface area contributed by atoms with Gasteiger partial charge in [0.25, 0.3) is 0 Å². The van der Waals surface area contributed by atoms with Gasteiger partial charge in [0.1, 0.15) is 22.2 Å². The maximum absolute atomic E-state index is 13.3. The number of hydrogen-bond acceptors (Lipinski definition) is 4. The predicted molar refractivity (Wildman–Crippen MR) is 114 cm³/mol. The highest BCUT2D eigenvalue weighted by Crippen LogP contribution is 2.40. The molecule has 1 N–H and O–H groups in total. The van der Waals surface area contributed by atoms with E-state index in [2.05, 4.69) is 5.32 Å². The lowest BCUT2D eigenvalue weighted by Gasteiger charge is -2.08. The SMILES string of the molecule is CCOC(=O)c1c(NC(=O)/C=C/c2ccc(F)cc2)sc(C)c1-c1ccc(F)cc1. The zero-order valence-electron chi connectivity index (χ0n) is 16.4. The van der Waals surface area contributed by atoms with Crippen molar-refractivity contribution in [3.63, 3.8) is 0 Å². The molecule has 0 aliphatic rings. The van der Waals surface area contributed by atoms with Crippen LogP contribution in [0, 0.1) is 18.6 Å². The summed E-state index contributed by atoms with van der Waals surface area (Å²) in [5.74, 6) is -1.77. The molecule has 3 aromatic rings. The molecule has 0 unspecified atom stereocenters.